The van der Waals surface area contributed by atoms with Crippen molar-refractivity contribution in [2.75, 3.05) is 19.7 Å². The van der Waals surface area contributed by atoms with Gasteiger partial charge in [-0.1, -0.05) is 12.2 Å². The van der Waals surface area contributed by atoms with Crippen LogP contribution in [0.25, 0.3) is 5.52 Å². The van der Waals surface area contributed by atoms with Crippen LogP contribution in [0.15, 0.2) is 24.8 Å². The summed E-state index contributed by atoms with van der Waals surface area (Å²) in [7, 11) is 0. The van der Waals surface area contributed by atoms with Crippen LogP contribution in [0.4, 0.5) is 0 Å². The number of carbonyl (C=O) groups is 1. The summed E-state index contributed by atoms with van der Waals surface area (Å²) in [6, 6.07) is 0. The van der Waals surface area contributed by atoms with Gasteiger partial charge in [-0.25, -0.2) is 4.52 Å². The van der Waals surface area contributed by atoms with Gasteiger partial charge in [0.1, 0.15) is 11.1 Å². The highest BCUT2D eigenvalue weighted by atomic mass is 32.1. The van der Waals surface area contributed by atoms with Crippen molar-refractivity contribution in [1.82, 2.24) is 19.5 Å². The third-order valence-electron chi connectivity index (χ3n) is 3.23. The monoisotopic (exact) mass is 291 g/mol. The van der Waals surface area contributed by atoms with Crippen molar-refractivity contribution in [2.45, 2.75) is 6.10 Å². The summed E-state index contributed by atoms with van der Waals surface area (Å²) in [6.45, 7) is 1.30. The summed E-state index contributed by atoms with van der Waals surface area (Å²) in [5.74, 6) is -0.113. The first-order valence-corrected chi connectivity index (χ1v) is 6.55. The largest absolute Gasteiger partial charge is 0.391 e. The number of rotatable bonds is 2. The number of ether oxygens (including phenoxy) is 1. The zero-order chi connectivity index (χ0) is 14.1. The molecule has 0 bridgehead atoms. The molecule has 1 saturated heterocycles. The number of hydrogen-bond donors (Lipinski definition) is 1. The average molecular weight is 291 g/mol. The first-order chi connectivity index (χ1) is 9.66. The second-order valence-electron chi connectivity index (χ2n) is 4.48. The van der Waals surface area contributed by atoms with Gasteiger partial charge in [-0.2, -0.15) is 5.10 Å². The zero-order valence-corrected chi connectivity index (χ0v) is 11.4. The maximum absolute atomic E-state index is 12.5. The van der Waals surface area contributed by atoms with Crippen molar-refractivity contribution >= 4 is 28.6 Å². The molecule has 0 spiro atoms. The number of nitrogens with two attached hydrogens (primary N) is 1. The minimum atomic E-state index is -0.386. The van der Waals surface area contributed by atoms with Gasteiger partial charge in [0.25, 0.3) is 5.91 Å². The van der Waals surface area contributed by atoms with Gasteiger partial charge >= 0.3 is 0 Å². The Bertz CT molecular complexity index is 671. The number of hydrogen-bond acceptors (Lipinski definition) is 5. The smallest absolute Gasteiger partial charge is 0.257 e. The first-order valence-electron chi connectivity index (χ1n) is 6.14. The highest BCUT2D eigenvalue weighted by molar-refractivity contribution is 7.80. The molecule has 2 N–H and O–H groups in total. The van der Waals surface area contributed by atoms with E-state index in [0.29, 0.717) is 30.8 Å². The Morgan fingerprint density at radius 2 is 2.35 bits per heavy atom. The molecule has 0 aliphatic carbocycles. The van der Waals surface area contributed by atoms with E-state index in [1.807, 2.05) is 0 Å². The van der Waals surface area contributed by atoms with E-state index >= 15 is 0 Å². The van der Waals surface area contributed by atoms with Crippen molar-refractivity contribution < 1.29 is 9.53 Å². The zero-order valence-electron chi connectivity index (χ0n) is 10.6. The van der Waals surface area contributed by atoms with E-state index in [1.54, 1.807) is 34.2 Å². The summed E-state index contributed by atoms with van der Waals surface area (Å²) < 4.78 is 7.05. The average Bonchev–Trinajstić information content (AvgIpc) is 2.90. The number of thiocarbonyl (C=S) groups is 1. The van der Waals surface area contributed by atoms with Crippen LogP contribution in [0, 0.1) is 0 Å². The van der Waals surface area contributed by atoms with Crippen LogP contribution in [0.2, 0.25) is 0 Å². The van der Waals surface area contributed by atoms with Crippen LogP contribution < -0.4 is 5.73 Å². The summed E-state index contributed by atoms with van der Waals surface area (Å²) in [4.78, 5) is 18.5. The number of nitrogens with zero attached hydrogens (tertiary/aromatic N) is 4. The van der Waals surface area contributed by atoms with Crippen LogP contribution >= 0.6 is 12.2 Å². The maximum Gasteiger partial charge on any atom is 0.257 e. The van der Waals surface area contributed by atoms with Gasteiger partial charge in [-0.15, -0.1) is 0 Å². The molecule has 1 aliphatic rings. The molecule has 3 rings (SSSR count). The Balaban J connectivity index is 1.87. The van der Waals surface area contributed by atoms with E-state index in [-0.39, 0.29) is 17.0 Å². The molecular weight excluding hydrogens is 278 g/mol. The lowest BCUT2D eigenvalue weighted by molar-refractivity contribution is 0.00888. The molecule has 1 unspecified atom stereocenters. The van der Waals surface area contributed by atoms with Crippen molar-refractivity contribution in [1.29, 1.82) is 0 Å². The van der Waals surface area contributed by atoms with Gasteiger partial charge in [0, 0.05) is 18.9 Å². The molecule has 8 heteroatoms. The van der Waals surface area contributed by atoms with Crippen molar-refractivity contribution in [3.8, 4) is 0 Å². The van der Waals surface area contributed by atoms with Gasteiger partial charge in [0.15, 0.2) is 0 Å². The summed E-state index contributed by atoms with van der Waals surface area (Å²) >= 11 is 4.92. The Morgan fingerprint density at radius 3 is 3.15 bits per heavy atom. The minimum Gasteiger partial charge on any atom is -0.391 e. The van der Waals surface area contributed by atoms with E-state index in [4.69, 9.17) is 22.7 Å². The molecule has 3 heterocycles. The SMILES string of the molecule is NC(=S)C1CN(C(=O)c2cnn3ccncc23)CCO1. The quantitative estimate of drug-likeness (QED) is 0.775. The van der Waals surface area contributed by atoms with Crippen molar-refractivity contribution in [3.05, 3.63) is 30.4 Å². The van der Waals surface area contributed by atoms with E-state index in [1.165, 1.54) is 0 Å². The fraction of sp³-hybridized carbons (Fsp3) is 0.333. The normalized spacial score (nSPS) is 19.2. The predicted octanol–water partition coefficient (Wildman–Crippen LogP) is -0.144. The molecule has 2 aromatic heterocycles. The van der Waals surface area contributed by atoms with Crippen LogP contribution in [-0.4, -0.2) is 56.2 Å². The highest BCUT2D eigenvalue weighted by Gasteiger charge is 2.28. The highest BCUT2D eigenvalue weighted by Crippen LogP contribution is 2.15. The van der Waals surface area contributed by atoms with Gasteiger partial charge in [0.2, 0.25) is 0 Å². The molecule has 1 fully saturated rings. The van der Waals surface area contributed by atoms with Crippen LogP contribution in [-0.2, 0) is 4.74 Å². The standard InChI is InChI=1S/C12H13N5O2S/c13-11(20)10-7-16(3-4-19-10)12(18)8-5-15-17-2-1-14-6-9(8)17/h1-2,5-6,10H,3-4,7H2,(H2,13,20). The van der Waals surface area contributed by atoms with Gasteiger partial charge in [0.05, 0.1) is 36.6 Å². The summed E-state index contributed by atoms with van der Waals surface area (Å²) in [5.41, 5.74) is 6.77. The van der Waals surface area contributed by atoms with Crippen LogP contribution in [0.3, 0.4) is 0 Å². The minimum absolute atomic E-state index is 0.113. The third-order valence-corrected chi connectivity index (χ3v) is 3.49. The topological polar surface area (TPSA) is 85.8 Å². The van der Waals surface area contributed by atoms with E-state index < -0.39 is 0 Å². The lowest BCUT2D eigenvalue weighted by atomic mass is 10.2. The molecule has 20 heavy (non-hydrogen) atoms. The number of carbonyl (C=O) groups excluding carboxylic acids is 1. The fourth-order valence-corrected chi connectivity index (χ4v) is 2.32. The molecule has 1 atom stereocenters. The molecule has 0 saturated carbocycles. The van der Waals surface area contributed by atoms with Crippen molar-refractivity contribution in [3.63, 3.8) is 0 Å². The Labute approximate surface area is 120 Å². The van der Waals surface area contributed by atoms with Gasteiger partial charge in [-0.3, -0.25) is 9.78 Å². The van der Waals surface area contributed by atoms with Crippen molar-refractivity contribution in [2.24, 2.45) is 5.73 Å². The molecule has 7 nitrogen and oxygen atoms in total. The lowest BCUT2D eigenvalue weighted by Crippen LogP contribution is -2.49. The molecule has 2 aromatic rings. The van der Waals surface area contributed by atoms with E-state index in [2.05, 4.69) is 10.1 Å². The molecule has 104 valence electrons. The lowest BCUT2D eigenvalue weighted by Gasteiger charge is -2.32. The van der Waals surface area contributed by atoms with E-state index in [9.17, 15) is 4.79 Å². The number of aromatic nitrogens is 3. The van der Waals surface area contributed by atoms with Gasteiger partial charge < -0.3 is 15.4 Å². The summed E-state index contributed by atoms with van der Waals surface area (Å²) in [5, 5.41) is 4.14. The Kier molecular flexibility index (Phi) is 3.33. The first kappa shape index (κ1) is 12.9. The molecular formula is C12H13N5O2S. The van der Waals surface area contributed by atoms with Gasteiger partial charge in [-0.05, 0) is 0 Å². The van der Waals surface area contributed by atoms with Crippen LogP contribution in [0.1, 0.15) is 10.4 Å². The maximum atomic E-state index is 12.5. The second-order valence-corrected chi connectivity index (χ2v) is 4.95. The Morgan fingerprint density at radius 1 is 1.50 bits per heavy atom. The van der Waals surface area contributed by atoms with E-state index in [0.717, 1.165) is 0 Å². The molecule has 1 aliphatic heterocycles. The van der Waals surface area contributed by atoms with Crippen LogP contribution in [0.5, 0.6) is 0 Å². The fourth-order valence-electron chi connectivity index (χ4n) is 2.18. The Hall–Kier alpha value is -2.06. The third kappa shape index (κ3) is 2.23. The number of morpholine rings is 1. The molecule has 0 aromatic carbocycles. The summed E-state index contributed by atoms with van der Waals surface area (Å²) in [6.07, 6.45) is 6.09. The predicted molar refractivity (Wildman–Crippen MR) is 75.4 cm³/mol. The second kappa shape index (κ2) is 5.14. The number of amides is 1. The molecule has 0 radical (unpaired) electrons. The number of fused-ring (bicyclic) bond motifs is 1. The molecule has 1 amide bonds.